The van der Waals surface area contributed by atoms with Crippen LogP contribution in [0.3, 0.4) is 0 Å². The third-order valence-electron chi connectivity index (χ3n) is 5.93. The van der Waals surface area contributed by atoms with Crippen molar-refractivity contribution in [1.29, 1.82) is 0 Å². The molecular weight excluding hydrogens is 356 g/mol. The normalized spacial score (nSPS) is 21.0. The number of carbonyl (C=O) groups excluding carboxylic acids is 1. The number of urea groups is 1. The standard InChI is InChI=1S/C21H30N4O3/c1-15(2)18(19-22-16-5-3-4-6-17(16)23-19)24-20(26)25-9-12-28-14-21(13-25)7-10-27-11-8-21/h3-6,15,18H,7-14H2,1-2H3,(H,22,23)(H,24,26). The summed E-state index contributed by atoms with van der Waals surface area (Å²) in [5, 5.41) is 3.22. The lowest BCUT2D eigenvalue weighted by atomic mass is 9.80. The van der Waals surface area contributed by atoms with E-state index in [9.17, 15) is 4.79 Å². The van der Waals surface area contributed by atoms with E-state index < -0.39 is 0 Å². The molecule has 2 N–H and O–H groups in total. The largest absolute Gasteiger partial charge is 0.381 e. The molecule has 2 saturated heterocycles. The molecule has 1 atom stereocenters. The highest BCUT2D eigenvalue weighted by molar-refractivity contribution is 5.76. The predicted octanol–water partition coefficient (Wildman–Crippen LogP) is 3.10. The van der Waals surface area contributed by atoms with Gasteiger partial charge in [-0.25, -0.2) is 9.78 Å². The minimum atomic E-state index is -0.172. The van der Waals surface area contributed by atoms with Crippen molar-refractivity contribution < 1.29 is 14.3 Å². The number of para-hydroxylation sites is 2. The smallest absolute Gasteiger partial charge is 0.318 e. The number of H-pyrrole nitrogens is 1. The van der Waals surface area contributed by atoms with Crippen LogP contribution in [0.4, 0.5) is 4.79 Å². The van der Waals surface area contributed by atoms with Gasteiger partial charge in [0.15, 0.2) is 0 Å². The molecule has 0 bridgehead atoms. The third kappa shape index (κ3) is 4.00. The molecule has 2 fully saturated rings. The summed E-state index contributed by atoms with van der Waals surface area (Å²) in [6.45, 7) is 8.29. The predicted molar refractivity (Wildman–Crippen MR) is 107 cm³/mol. The number of hydrogen-bond acceptors (Lipinski definition) is 4. The topological polar surface area (TPSA) is 79.5 Å². The molecule has 0 aliphatic carbocycles. The van der Waals surface area contributed by atoms with Gasteiger partial charge in [0.1, 0.15) is 5.82 Å². The van der Waals surface area contributed by atoms with E-state index in [1.807, 2.05) is 29.2 Å². The minimum Gasteiger partial charge on any atom is -0.381 e. The highest BCUT2D eigenvalue weighted by Crippen LogP contribution is 2.33. The summed E-state index contributed by atoms with van der Waals surface area (Å²) in [7, 11) is 0. The van der Waals surface area contributed by atoms with Crippen LogP contribution in [0, 0.1) is 11.3 Å². The Labute approximate surface area is 165 Å². The Balaban J connectivity index is 1.50. The van der Waals surface area contributed by atoms with Crippen LogP contribution in [0.2, 0.25) is 0 Å². The molecule has 2 aliphatic heterocycles. The number of aromatic amines is 1. The second-order valence-electron chi connectivity index (χ2n) is 8.40. The van der Waals surface area contributed by atoms with E-state index in [-0.39, 0.29) is 23.4 Å². The van der Waals surface area contributed by atoms with E-state index in [0.29, 0.717) is 26.3 Å². The highest BCUT2D eigenvalue weighted by atomic mass is 16.5. The number of nitrogens with one attached hydrogen (secondary N) is 2. The van der Waals surface area contributed by atoms with Crippen LogP contribution in [0.5, 0.6) is 0 Å². The van der Waals surface area contributed by atoms with Gasteiger partial charge >= 0.3 is 6.03 Å². The number of benzene rings is 1. The maximum Gasteiger partial charge on any atom is 0.318 e. The Morgan fingerprint density at radius 2 is 2.00 bits per heavy atom. The third-order valence-corrected chi connectivity index (χ3v) is 5.93. The first-order chi connectivity index (χ1) is 13.6. The van der Waals surface area contributed by atoms with Crippen molar-refractivity contribution in [2.24, 2.45) is 11.3 Å². The molecular formula is C21H30N4O3. The fraction of sp³-hybridized carbons (Fsp3) is 0.619. The summed E-state index contributed by atoms with van der Waals surface area (Å²) in [6.07, 6.45) is 1.88. The van der Waals surface area contributed by atoms with Gasteiger partial charge in [-0.3, -0.25) is 0 Å². The van der Waals surface area contributed by atoms with Gasteiger partial charge in [-0.2, -0.15) is 0 Å². The second-order valence-corrected chi connectivity index (χ2v) is 8.40. The average molecular weight is 386 g/mol. The van der Waals surface area contributed by atoms with Crippen molar-refractivity contribution in [1.82, 2.24) is 20.2 Å². The summed E-state index contributed by atoms with van der Waals surface area (Å²) >= 11 is 0. The molecule has 2 aliphatic rings. The van der Waals surface area contributed by atoms with Gasteiger partial charge in [-0.05, 0) is 30.9 Å². The molecule has 1 unspecified atom stereocenters. The highest BCUT2D eigenvalue weighted by Gasteiger charge is 2.38. The number of carbonyl (C=O) groups is 1. The number of aromatic nitrogens is 2. The molecule has 4 rings (SSSR count). The first-order valence-electron chi connectivity index (χ1n) is 10.2. The SMILES string of the molecule is CC(C)C(NC(=O)N1CCOCC2(CCOCC2)C1)c1nc2ccccc2[nH]1. The number of amides is 2. The fourth-order valence-corrected chi connectivity index (χ4v) is 4.17. The number of nitrogens with zero attached hydrogens (tertiary/aromatic N) is 2. The summed E-state index contributed by atoms with van der Waals surface area (Å²) in [5.74, 6) is 1.01. The van der Waals surface area contributed by atoms with Crippen LogP contribution in [0.15, 0.2) is 24.3 Å². The lowest BCUT2D eigenvalue weighted by Crippen LogP contribution is -2.49. The van der Waals surface area contributed by atoms with E-state index in [1.165, 1.54) is 0 Å². The van der Waals surface area contributed by atoms with Crippen LogP contribution in [0.25, 0.3) is 11.0 Å². The fourth-order valence-electron chi connectivity index (χ4n) is 4.17. The quantitative estimate of drug-likeness (QED) is 0.850. The molecule has 0 radical (unpaired) electrons. The van der Waals surface area contributed by atoms with Crippen LogP contribution in [-0.2, 0) is 9.47 Å². The number of imidazole rings is 1. The Kier molecular flexibility index (Phi) is 5.55. The maximum atomic E-state index is 13.2. The summed E-state index contributed by atoms with van der Waals surface area (Å²) in [5.41, 5.74) is 1.92. The molecule has 1 aromatic heterocycles. The zero-order valence-corrected chi connectivity index (χ0v) is 16.7. The molecule has 0 saturated carbocycles. The van der Waals surface area contributed by atoms with Crippen LogP contribution < -0.4 is 5.32 Å². The van der Waals surface area contributed by atoms with E-state index in [1.54, 1.807) is 0 Å². The van der Waals surface area contributed by atoms with Crippen molar-refractivity contribution in [3.8, 4) is 0 Å². The number of fused-ring (bicyclic) bond motifs is 1. The van der Waals surface area contributed by atoms with Crippen molar-refractivity contribution in [3.05, 3.63) is 30.1 Å². The molecule has 152 valence electrons. The first kappa shape index (κ1) is 19.2. The number of rotatable bonds is 3. The van der Waals surface area contributed by atoms with Gasteiger partial charge in [-0.15, -0.1) is 0 Å². The Morgan fingerprint density at radius 1 is 1.21 bits per heavy atom. The Bertz CT molecular complexity index is 780. The van der Waals surface area contributed by atoms with Crippen molar-refractivity contribution >= 4 is 17.1 Å². The Hall–Kier alpha value is -2.12. The molecule has 7 nitrogen and oxygen atoms in total. The minimum absolute atomic E-state index is 0.0127. The summed E-state index contributed by atoms with van der Waals surface area (Å²) in [4.78, 5) is 23.2. The van der Waals surface area contributed by atoms with E-state index >= 15 is 0 Å². The van der Waals surface area contributed by atoms with Gasteiger partial charge in [-0.1, -0.05) is 26.0 Å². The van der Waals surface area contributed by atoms with E-state index in [2.05, 4.69) is 24.1 Å². The van der Waals surface area contributed by atoms with Crippen molar-refractivity contribution in [2.45, 2.75) is 32.7 Å². The average Bonchev–Trinajstić information content (AvgIpc) is 3.02. The number of hydrogen-bond donors (Lipinski definition) is 2. The monoisotopic (exact) mass is 386 g/mol. The van der Waals surface area contributed by atoms with Crippen molar-refractivity contribution in [3.63, 3.8) is 0 Å². The zero-order chi connectivity index (χ0) is 19.6. The van der Waals surface area contributed by atoms with Crippen molar-refractivity contribution in [2.75, 3.05) is 39.5 Å². The summed E-state index contributed by atoms with van der Waals surface area (Å²) in [6, 6.07) is 7.73. The molecule has 1 aromatic carbocycles. The van der Waals surface area contributed by atoms with E-state index in [4.69, 9.17) is 14.5 Å². The molecule has 1 spiro atoms. The van der Waals surface area contributed by atoms with Gasteiger partial charge in [0.25, 0.3) is 0 Å². The number of ether oxygens (including phenoxy) is 2. The lowest BCUT2D eigenvalue weighted by molar-refractivity contribution is -0.0295. The van der Waals surface area contributed by atoms with Gasteiger partial charge in [0, 0.05) is 31.7 Å². The summed E-state index contributed by atoms with van der Waals surface area (Å²) < 4.78 is 11.4. The lowest BCUT2D eigenvalue weighted by Gasteiger charge is -2.38. The Morgan fingerprint density at radius 3 is 2.75 bits per heavy atom. The van der Waals surface area contributed by atoms with Crippen LogP contribution in [0.1, 0.15) is 38.6 Å². The van der Waals surface area contributed by atoms with E-state index in [0.717, 1.165) is 42.9 Å². The molecule has 3 heterocycles. The molecule has 7 heteroatoms. The van der Waals surface area contributed by atoms with Gasteiger partial charge in [0.2, 0.25) is 0 Å². The van der Waals surface area contributed by atoms with Crippen LogP contribution in [-0.4, -0.2) is 60.4 Å². The molecule has 2 aromatic rings. The molecule has 28 heavy (non-hydrogen) atoms. The van der Waals surface area contributed by atoms with Gasteiger partial charge < -0.3 is 24.7 Å². The first-order valence-corrected chi connectivity index (χ1v) is 10.2. The van der Waals surface area contributed by atoms with Gasteiger partial charge in [0.05, 0.1) is 30.3 Å². The zero-order valence-electron chi connectivity index (χ0n) is 16.7. The van der Waals surface area contributed by atoms with Crippen LogP contribution >= 0.6 is 0 Å². The second kappa shape index (κ2) is 8.09. The molecule has 2 amide bonds. The maximum absolute atomic E-state index is 13.2.